The van der Waals surface area contributed by atoms with Crippen LogP contribution in [0, 0.1) is 5.41 Å². The van der Waals surface area contributed by atoms with Crippen LogP contribution in [0.25, 0.3) is 0 Å². The highest BCUT2D eigenvalue weighted by atomic mass is 14.9. The average molecular weight is 176 g/mol. The Labute approximate surface area is 79.4 Å². The van der Waals surface area contributed by atoms with E-state index >= 15 is 0 Å². The van der Waals surface area contributed by atoms with Crippen molar-refractivity contribution < 1.29 is 0 Å². The minimum absolute atomic E-state index is 0.342. The molecule has 2 heterocycles. The van der Waals surface area contributed by atoms with Crippen LogP contribution in [0.15, 0.2) is 24.4 Å². The van der Waals surface area contributed by atoms with Gasteiger partial charge in [0.05, 0.1) is 0 Å². The van der Waals surface area contributed by atoms with Gasteiger partial charge in [0.25, 0.3) is 0 Å². The Bertz CT molecular complexity index is 279. The van der Waals surface area contributed by atoms with E-state index in [1.54, 1.807) is 0 Å². The van der Waals surface area contributed by atoms with Crippen LogP contribution in [-0.4, -0.2) is 18.1 Å². The van der Waals surface area contributed by atoms with Gasteiger partial charge in [-0.2, -0.15) is 0 Å². The lowest BCUT2D eigenvalue weighted by molar-refractivity contribution is 0.358. The second kappa shape index (κ2) is 3.11. The molecule has 1 unspecified atom stereocenters. The van der Waals surface area contributed by atoms with Gasteiger partial charge in [0.15, 0.2) is 0 Å². The number of hydrogen-bond acceptors (Lipinski definition) is 2. The molecule has 70 valence electrons. The topological polar surface area (TPSA) is 24.9 Å². The molecule has 2 rings (SSSR count). The van der Waals surface area contributed by atoms with Crippen molar-refractivity contribution in [2.24, 2.45) is 5.41 Å². The summed E-state index contributed by atoms with van der Waals surface area (Å²) in [5.41, 5.74) is 1.56. The number of nitrogens with one attached hydrogen (secondary N) is 1. The normalized spacial score (nSPS) is 26.2. The van der Waals surface area contributed by atoms with Crippen molar-refractivity contribution in [1.29, 1.82) is 0 Å². The van der Waals surface area contributed by atoms with Gasteiger partial charge in [-0.1, -0.05) is 19.9 Å². The molecule has 1 aliphatic heterocycles. The molecule has 0 bridgehead atoms. The average Bonchev–Trinajstić information content (AvgIpc) is 2.47. The zero-order valence-corrected chi connectivity index (χ0v) is 8.25. The Morgan fingerprint density at radius 3 is 2.85 bits per heavy atom. The van der Waals surface area contributed by atoms with Crippen molar-refractivity contribution in [3.63, 3.8) is 0 Å². The van der Waals surface area contributed by atoms with Crippen LogP contribution < -0.4 is 5.32 Å². The maximum Gasteiger partial charge on any atom is 0.0453 e. The molecule has 1 aromatic heterocycles. The lowest BCUT2D eigenvalue weighted by Crippen LogP contribution is -2.21. The van der Waals surface area contributed by atoms with Crippen molar-refractivity contribution in [3.05, 3.63) is 30.1 Å². The van der Waals surface area contributed by atoms with Gasteiger partial charge in [0, 0.05) is 30.9 Å². The van der Waals surface area contributed by atoms with Crippen LogP contribution in [0.4, 0.5) is 0 Å². The van der Waals surface area contributed by atoms with E-state index in [4.69, 9.17) is 0 Å². The van der Waals surface area contributed by atoms with E-state index in [-0.39, 0.29) is 0 Å². The fourth-order valence-electron chi connectivity index (χ4n) is 2.03. The van der Waals surface area contributed by atoms with E-state index in [1.807, 2.05) is 12.3 Å². The van der Waals surface area contributed by atoms with E-state index in [0.717, 1.165) is 13.1 Å². The highest BCUT2D eigenvalue weighted by molar-refractivity contribution is 5.15. The smallest absolute Gasteiger partial charge is 0.0453 e. The molecule has 13 heavy (non-hydrogen) atoms. The SMILES string of the molecule is CC1(C)CNCC1c1ccccn1. The minimum atomic E-state index is 0.342. The highest BCUT2D eigenvalue weighted by Crippen LogP contribution is 2.36. The molecule has 2 nitrogen and oxygen atoms in total. The summed E-state index contributed by atoms with van der Waals surface area (Å²) in [5.74, 6) is 0.564. The van der Waals surface area contributed by atoms with Crippen LogP contribution in [0.3, 0.4) is 0 Å². The molecule has 0 radical (unpaired) electrons. The summed E-state index contributed by atoms with van der Waals surface area (Å²) in [7, 11) is 0. The monoisotopic (exact) mass is 176 g/mol. The molecule has 1 N–H and O–H groups in total. The predicted molar refractivity (Wildman–Crippen MR) is 53.6 cm³/mol. The van der Waals surface area contributed by atoms with E-state index in [0.29, 0.717) is 11.3 Å². The Balaban J connectivity index is 2.27. The first-order chi connectivity index (χ1) is 6.20. The summed E-state index contributed by atoms with van der Waals surface area (Å²) in [5, 5.41) is 3.42. The lowest BCUT2D eigenvalue weighted by atomic mass is 9.80. The standard InChI is InChI=1S/C11H16N2/c1-11(2)8-12-7-9(11)10-5-3-4-6-13-10/h3-6,9,12H,7-8H2,1-2H3. The van der Waals surface area contributed by atoms with E-state index in [1.165, 1.54) is 5.69 Å². The molecule has 0 aromatic carbocycles. The van der Waals surface area contributed by atoms with Crippen LogP contribution in [0.5, 0.6) is 0 Å². The fraction of sp³-hybridized carbons (Fsp3) is 0.545. The zero-order chi connectivity index (χ0) is 9.31. The molecule has 1 aliphatic rings. The third-order valence-electron chi connectivity index (χ3n) is 2.92. The van der Waals surface area contributed by atoms with Crippen molar-refractivity contribution >= 4 is 0 Å². The molecule has 1 fully saturated rings. The Morgan fingerprint density at radius 1 is 1.46 bits per heavy atom. The maximum absolute atomic E-state index is 4.42. The largest absolute Gasteiger partial charge is 0.315 e. The highest BCUT2D eigenvalue weighted by Gasteiger charge is 2.35. The van der Waals surface area contributed by atoms with E-state index in [9.17, 15) is 0 Å². The van der Waals surface area contributed by atoms with Gasteiger partial charge in [-0.15, -0.1) is 0 Å². The van der Waals surface area contributed by atoms with Gasteiger partial charge in [-0.3, -0.25) is 4.98 Å². The summed E-state index contributed by atoms with van der Waals surface area (Å²) in [4.78, 5) is 4.42. The van der Waals surface area contributed by atoms with Gasteiger partial charge in [0.2, 0.25) is 0 Å². The number of nitrogens with zero attached hydrogens (tertiary/aromatic N) is 1. The molecule has 2 heteroatoms. The Hall–Kier alpha value is -0.890. The quantitative estimate of drug-likeness (QED) is 0.705. The molecule has 0 aliphatic carbocycles. The number of hydrogen-bond donors (Lipinski definition) is 1. The minimum Gasteiger partial charge on any atom is -0.315 e. The van der Waals surface area contributed by atoms with Crippen molar-refractivity contribution in [2.75, 3.05) is 13.1 Å². The van der Waals surface area contributed by atoms with Crippen LogP contribution >= 0.6 is 0 Å². The number of rotatable bonds is 1. The Morgan fingerprint density at radius 2 is 2.31 bits per heavy atom. The first-order valence-electron chi connectivity index (χ1n) is 4.82. The molecule has 1 saturated heterocycles. The van der Waals surface area contributed by atoms with E-state index in [2.05, 4.69) is 36.3 Å². The third-order valence-corrected chi connectivity index (χ3v) is 2.92. The maximum atomic E-state index is 4.42. The van der Waals surface area contributed by atoms with Crippen LogP contribution in [-0.2, 0) is 0 Å². The molecular formula is C11H16N2. The first-order valence-corrected chi connectivity index (χ1v) is 4.82. The van der Waals surface area contributed by atoms with Crippen molar-refractivity contribution in [2.45, 2.75) is 19.8 Å². The summed E-state index contributed by atoms with van der Waals surface area (Å²) < 4.78 is 0. The molecule has 0 saturated carbocycles. The third kappa shape index (κ3) is 1.59. The lowest BCUT2D eigenvalue weighted by Gasteiger charge is -2.24. The van der Waals surface area contributed by atoms with Crippen molar-refractivity contribution in [1.82, 2.24) is 10.3 Å². The molecular weight excluding hydrogens is 160 g/mol. The summed E-state index contributed by atoms with van der Waals surface area (Å²) in [6.45, 7) is 6.75. The zero-order valence-electron chi connectivity index (χ0n) is 8.25. The second-order valence-corrected chi connectivity index (χ2v) is 4.43. The summed E-state index contributed by atoms with van der Waals surface area (Å²) in [6, 6.07) is 6.16. The molecule has 0 amide bonds. The van der Waals surface area contributed by atoms with Gasteiger partial charge in [0.1, 0.15) is 0 Å². The second-order valence-electron chi connectivity index (χ2n) is 4.43. The molecule has 1 atom stereocenters. The molecule has 0 spiro atoms. The van der Waals surface area contributed by atoms with Gasteiger partial charge < -0.3 is 5.32 Å². The van der Waals surface area contributed by atoms with Gasteiger partial charge in [-0.25, -0.2) is 0 Å². The van der Waals surface area contributed by atoms with E-state index < -0.39 is 0 Å². The Kier molecular flexibility index (Phi) is 2.08. The van der Waals surface area contributed by atoms with Crippen LogP contribution in [0.2, 0.25) is 0 Å². The fourth-order valence-corrected chi connectivity index (χ4v) is 2.03. The van der Waals surface area contributed by atoms with Gasteiger partial charge in [-0.05, 0) is 17.5 Å². The number of aromatic nitrogens is 1. The molecule has 1 aromatic rings. The predicted octanol–water partition coefficient (Wildman–Crippen LogP) is 1.79. The first kappa shape index (κ1) is 8.70. The summed E-state index contributed by atoms with van der Waals surface area (Å²) in [6.07, 6.45) is 1.88. The number of pyridine rings is 1. The van der Waals surface area contributed by atoms with Gasteiger partial charge >= 0.3 is 0 Å². The van der Waals surface area contributed by atoms with Crippen molar-refractivity contribution in [3.8, 4) is 0 Å². The van der Waals surface area contributed by atoms with Crippen LogP contribution in [0.1, 0.15) is 25.5 Å². The summed E-state index contributed by atoms with van der Waals surface area (Å²) >= 11 is 0.